The third-order valence-electron chi connectivity index (χ3n) is 4.17. The van der Waals surface area contributed by atoms with Crippen molar-refractivity contribution >= 4 is 39.9 Å². The van der Waals surface area contributed by atoms with Crippen molar-refractivity contribution in [2.45, 2.75) is 10.9 Å². The highest BCUT2D eigenvalue weighted by molar-refractivity contribution is 7.98. The molecule has 0 fully saturated rings. The van der Waals surface area contributed by atoms with Crippen molar-refractivity contribution in [3.8, 4) is 11.6 Å². The molecule has 2 aromatic carbocycles. The number of fused-ring (bicyclic) bond motifs is 3. The molecule has 5 nitrogen and oxygen atoms in total. The van der Waals surface area contributed by atoms with Crippen molar-refractivity contribution in [2.75, 3.05) is 0 Å². The van der Waals surface area contributed by atoms with Gasteiger partial charge >= 0.3 is 0 Å². The Hall–Kier alpha value is -2.83. The monoisotopic (exact) mass is 392 g/mol. The third-order valence-corrected chi connectivity index (χ3v) is 5.42. The highest BCUT2D eigenvalue weighted by atomic mass is 35.5. The van der Waals surface area contributed by atoms with Crippen molar-refractivity contribution in [3.63, 3.8) is 0 Å². The first kappa shape index (κ1) is 16.4. The lowest BCUT2D eigenvalue weighted by molar-refractivity contribution is 0.576. The van der Waals surface area contributed by atoms with Crippen molar-refractivity contribution in [1.29, 1.82) is 0 Å². The number of para-hydroxylation sites is 1. The Labute approximate surface area is 164 Å². The summed E-state index contributed by atoms with van der Waals surface area (Å²) < 4.78 is 7.26. The quantitative estimate of drug-likeness (QED) is 0.299. The molecule has 0 aliphatic rings. The molecule has 0 bridgehead atoms. The van der Waals surface area contributed by atoms with Crippen LogP contribution in [0.1, 0.15) is 5.56 Å². The first-order valence-electron chi connectivity index (χ1n) is 8.34. The van der Waals surface area contributed by atoms with E-state index in [0.29, 0.717) is 11.6 Å². The molecular formula is C20H13ClN4OS. The van der Waals surface area contributed by atoms with Crippen LogP contribution < -0.4 is 0 Å². The van der Waals surface area contributed by atoms with E-state index in [1.807, 2.05) is 60.7 Å². The Morgan fingerprint density at radius 3 is 2.63 bits per heavy atom. The average Bonchev–Trinajstić information content (AvgIpc) is 3.37. The lowest BCUT2D eigenvalue weighted by atomic mass is 10.2. The summed E-state index contributed by atoms with van der Waals surface area (Å²) >= 11 is 7.58. The van der Waals surface area contributed by atoms with Crippen LogP contribution in [0, 0.1) is 0 Å². The Bertz CT molecular complexity index is 1230. The molecular weight excluding hydrogens is 380 g/mol. The molecule has 27 heavy (non-hydrogen) atoms. The van der Waals surface area contributed by atoms with Crippen molar-refractivity contribution < 1.29 is 4.42 Å². The zero-order valence-electron chi connectivity index (χ0n) is 14.0. The van der Waals surface area contributed by atoms with Crippen LogP contribution in [0.25, 0.3) is 28.1 Å². The number of nitrogens with zero attached hydrogens (tertiary/aromatic N) is 4. The molecule has 5 aromatic rings. The van der Waals surface area contributed by atoms with Gasteiger partial charge in [0.05, 0.1) is 11.8 Å². The Morgan fingerprint density at radius 2 is 1.81 bits per heavy atom. The van der Waals surface area contributed by atoms with Crippen LogP contribution >= 0.6 is 23.4 Å². The third kappa shape index (κ3) is 3.07. The minimum absolute atomic E-state index is 0.548. The topological polar surface area (TPSA) is 56.2 Å². The lowest BCUT2D eigenvalue weighted by Crippen LogP contribution is -1.98. The summed E-state index contributed by atoms with van der Waals surface area (Å²) in [5.41, 5.74) is 2.83. The molecule has 0 aliphatic carbocycles. The molecule has 5 rings (SSSR count). The zero-order chi connectivity index (χ0) is 18.2. The van der Waals surface area contributed by atoms with Gasteiger partial charge in [0.25, 0.3) is 0 Å². The minimum atomic E-state index is 0.548. The summed E-state index contributed by atoms with van der Waals surface area (Å²) in [6, 6.07) is 19.4. The second-order valence-electron chi connectivity index (χ2n) is 5.97. The van der Waals surface area contributed by atoms with E-state index in [2.05, 4.69) is 5.10 Å². The summed E-state index contributed by atoms with van der Waals surface area (Å²) in [5.74, 6) is 1.94. The number of hydrogen-bond donors (Lipinski definition) is 0. The van der Waals surface area contributed by atoms with Crippen LogP contribution in [-0.2, 0) is 5.75 Å². The van der Waals surface area contributed by atoms with Gasteiger partial charge in [-0.25, -0.2) is 9.97 Å². The highest BCUT2D eigenvalue weighted by Gasteiger charge is 2.16. The predicted octanol–water partition coefficient (Wildman–Crippen LogP) is 5.48. The molecule has 0 saturated heterocycles. The lowest BCUT2D eigenvalue weighted by Gasteiger charge is -2.06. The summed E-state index contributed by atoms with van der Waals surface area (Å²) in [5, 5.41) is 7.11. The summed E-state index contributed by atoms with van der Waals surface area (Å²) in [6.45, 7) is 0. The van der Waals surface area contributed by atoms with E-state index in [-0.39, 0.29) is 0 Å². The number of aromatic nitrogens is 4. The van der Waals surface area contributed by atoms with Gasteiger partial charge < -0.3 is 4.42 Å². The molecule has 0 radical (unpaired) electrons. The van der Waals surface area contributed by atoms with Crippen molar-refractivity contribution in [2.24, 2.45) is 0 Å². The molecule has 7 heteroatoms. The summed E-state index contributed by atoms with van der Waals surface area (Å²) in [4.78, 5) is 9.50. The molecule has 0 amide bonds. The molecule has 0 unspecified atom stereocenters. The van der Waals surface area contributed by atoms with E-state index in [0.717, 1.165) is 32.5 Å². The standard InChI is InChI=1S/C20H13ClN4OS/c21-14-9-7-13(8-10-14)12-27-20-22-16-5-2-1-4-15(16)19-23-18(24-25(19)20)17-6-3-11-26-17/h1-11H,12H2. The summed E-state index contributed by atoms with van der Waals surface area (Å²) in [7, 11) is 0. The van der Waals surface area contributed by atoms with Gasteiger partial charge in [-0.3, -0.25) is 0 Å². The highest BCUT2D eigenvalue weighted by Crippen LogP contribution is 2.28. The normalized spacial score (nSPS) is 11.4. The fourth-order valence-corrected chi connectivity index (χ4v) is 3.89. The van der Waals surface area contributed by atoms with Gasteiger partial charge in [0, 0.05) is 16.2 Å². The molecule has 0 atom stereocenters. The van der Waals surface area contributed by atoms with E-state index in [1.165, 1.54) is 5.56 Å². The minimum Gasteiger partial charge on any atom is -0.461 e. The largest absolute Gasteiger partial charge is 0.461 e. The smallest absolute Gasteiger partial charge is 0.218 e. The molecule has 0 N–H and O–H groups in total. The first-order valence-corrected chi connectivity index (χ1v) is 9.71. The fourth-order valence-electron chi connectivity index (χ4n) is 2.86. The molecule has 0 aliphatic heterocycles. The summed E-state index contributed by atoms with van der Waals surface area (Å²) in [6.07, 6.45) is 1.62. The van der Waals surface area contributed by atoms with Gasteiger partial charge in [0.15, 0.2) is 16.6 Å². The van der Waals surface area contributed by atoms with Crippen LogP contribution in [-0.4, -0.2) is 19.6 Å². The second-order valence-corrected chi connectivity index (χ2v) is 7.35. The van der Waals surface area contributed by atoms with Crippen LogP contribution in [0.4, 0.5) is 0 Å². The van der Waals surface area contributed by atoms with E-state index < -0.39 is 0 Å². The first-order chi connectivity index (χ1) is 13.3. The Morgan fingerprint density at radius 1 is 0.963 bits per heavy atom. The number of thioether (sulfide) groups is 1. The Kier molecular flexibility index (Phi) is 4.07. The van der Waals surface area contributed by atoms with Gasteiger partial charge in [-0.2, -0.15) is 4.52 Å². The molecule has 132 valence electrons. The van der Waals surface area contributed by atoms with Gasteiger partial charge in [-0.15, -0.1) is 5.10 Å². The van der Waals surface area contributed by atoms with E-state index in [9.17, 15) is 0 Å². The predicted molar refractivity (Wildman–Crippen MR) is 107 cm³/mol. The van der Waals surface area contributed by atoms with E-state index in [1.54, 1.807) is 22.5 Å². The van der Waals surface area contributed by atoms with Gasteiger partial charge in [0.2, 0.25) is 5.82 Å². The second kappa shape index (κ2) is 6.72. The van der Waals surface area contributed by atoms with Crippen LogP contribution in [0.3, 0.4) is 0 Å². The maximum atomic E-state index is 5.97. The fraction of sp³-hybridized carbons (Fsp3) is 0.0500. The zero-order valence-corrected chi connectivity index (χ0v) is 15.6. The van der Waals surface area contributed by atoms with Gasteiger partial charge in [0.1, 0.15) is 0 Å². The SMILES string of the molecule is Clc1ccc(CSc2nc3ccccc3c3nc(-c4ccco4)nn23)cc1. The maximum Gasteiger partial charge on any atom is 0.218 e. The molecule has 3 aromatic heterocycles. The van der Waals surface area contributed by atoms with Gasteiger partial charge in [-0.05, 0) is 42.0 Å². The maximum absolute atomic E-state index is 5.97. The molecule has 0 spiro atoms. The molecule has 0 saturated carbocycles. The molecule has 3 heterocycles. The van der Waals surface area contributed by atoms with E-state index in [4.69, 9.17) is 26.0 Å². The average molecular weight is 393 g/mol. The number of rotatable bonds is 4. The van der Waals surface area contributed by atoms with Gasteiger partial charge in [-0.1, -0.05) is 47.6 Å². The van der Waals surface area contributed by atoms with Crippen molar-refractivity contribution in [1.82, 2.24) is 19.6 Å². The Balaban J connectivity index is 1.62. The van der Waals surface area contributed by atoms with E-state index >= 15 is 0 Å². The number of benzene rings is 2. The number of hydrogen-bond acceptors (Lipinski definition) is 5. The van der Waals surface area contributed by atoms with Crippen LogP contribution in [0.15, 0.2) is 76.5 Å². The number of furan rings is 1. The van der Waals surface area contributed by atoms with Crippen LogP contribution in [0.5, 0.6) is 0 Å². The number of halogens is 1. The van der Waals surface area contributed by atoms with Crippen LogP contribution in [0.2, 0.25) is 5.02 Å². The van der Waals surface area contributed by atoms with Crippen molar-refractivity contribution in [3.05, 3.63) is 77.5 Å².